The molecule has 0 aliphatic carbocycles. The highest BCUT2D eigenvalue weighted by atomic mass is 127. The highest BCUT2D eigenvalue weighted by Gasteiger charge is 2.00. The zero-order valence-electron chi connectivity index (χ0n) is 12.8. The molecular weight excluding hydrogens is 365 g/mol. The molecule has 0 amide bonds. The molecule has 0 spiro atoms. The van der Waals surface area contributed by atoms with Gasteiger partial charge in [-0.05, 0) is 31.9 Å². The van der Waals surface area contributed by atoms with Gasteiger partial charge in [0.05, 0.1) is 13.2 Å². The SMILES string of the molecule is CCNC(=NCc1ccc(C)cc1C)NCCOC.I. The summed E-state index contributed by atoms with van der Waals surface area (Å²) in [6.45, 7) is 9.27. The van der Waals surface area contributed by atoms with Gasteiger partial charge in [0.25, 0.3) is 0 Å². The molecular formula is C15H26IN3O. The third-order valence-electron chi connectivity index (χ3n) is 2.85. The number of rotatable bonds is 6. The summed E-state index contributed by atoms with van der Waals surface area (Å²) in [7, 11) is 1.70. The number of hydrogen-bond donors (Lipinski definition) is 2. The molecule has 0 saturated carbocycles. The first-order chi connectivity index (χ1) is 9.17. The number of methoxy groups -OCH3 is 1. The summed E-state index contributed by atoms with van der Waals surface area (Å²) in [5.74, 6) is 0.833. The Bertz CT molecular complexity index is 422. The molecule has 1 aromatic carbocycles. The monoisotopic (exact) mass is 391 g/mol. The molecule has 0 bridgehead atoms. The zero-order valence-corrected chi connectivity index (χ0v) is 15.2. The molecule has 0 saturated heterocycles. The summed E-state index contributed by atoms with van der Waals surface area (Å²) in [6, 6.07) is 6.46. The first-order valence-corrected chi connectivity index (χ1v) is 6.74. The fraction of sp³-hybridized carbons (Fsp3) is 0.533. The smallest absolute Gasteiger partial charge is 0.191 e. The minimum Gasteiger partial charge on any atom is -0.383 e. The Kier molecular flexibility index (Phi) is 10.5. The summed E-state index contributed by atoms with van der Waals surface area (Å²) in [5.41, 5.74) is 3.83. The number of aryl methyl sites for hydroxylation is 2. The number of aliphatic imine (C=N–C) groups is 1. The molecule has 114 valence electrons. The standard InChI is InChI=1S/C15H25N3O.HI/c1-5-16-15(17-8-9-19-4)18-11-14-7-6-12(2)10-13(14)3;/h6-7,10H,5,8-9,11H2,1-4H3,(H2,16,17,18);1H. The van der Waals surface area contributed by atoms with Crippen LogP contribution in [0.1, 0.15) is 23.6 Å². The number of guanidine groups is 1. The van der Waals surface area contributed by atoms with Crippen molar-refractivity contribution in [3.8, 4) is 0 Å². The fourth-order valence-corrected chi connectivity index (χ4v) is 1.80. The maximum absolute atomic E-state index is 5.02. The molecule has 2 N–H and O–H groups in total. The van der Waals surface area contributed by atoms with Crippen molar-refractivity contribution in [2.75, 3.05) is 26.8 Å². The van der Waals surface area contributed by atoms with Gasteiger partial charge in [0, 0.05) is 20.2 Å². The van der Waals surface area contributed by atoms with Crippen molar-refractivity contribution in [2.24, 2.45) is 4.99 Å². The maximum Gasteiger partial charge on any atom is 0.191 e. The highest BCUT2D eigenvalue weighted by molar-refractivity contribution is 14.0. The normalized spacial score (nSPS) is 10.9. The van der Waals surface area contributed by atoms with E-state index in [9.17, 15) is 0 Å². The fourth-order valence-electron chi connectivity index (χ4n) is 1.80. The number of nitrogens with one attached hydrogen (secondary N) is 2. The number of ether oxygens (including phenoxy) is 1. The molecule has 0 aliphatic heterocycles. The van der Waals surface area contributed by atoms with Crippen molar-refractivity contribution >= 4 is 29.9 Å². The molecule has 20 heavy (non-hydrogen) atoms. The number of hydrogen-bond acceptors (Lipinski definition) is 2. The molecule has 5 heteroatoms. The van der Waals surface area contributed by atoms with Gasteiger partial charge < -0.3 is 15.4 Å². The Morgan fingerprint density at radius 2 is 2.00 bits per heavy atom. The van der Waals surface area contributed by atoms with E-state index >= 15 is 0 Å². The van der Waals surface area contributed by atoms with Crippen LogP contribution >= 0.6 is 24.0 Å². The molecule has 0 radical (unpaired) electrons. The van der Waals surface area contributed by atoms with E-state index in [0.29, 0.717) is 13.2 Å². The summed E-state index contributed by atoms with van der Waals surface area (Å²) in [5, 5.41) is 6.46. The summed E-state index contributed by atoms with van der Waals surface area (Å²) in [4.78, 5) is 4.58. The lowest BCUT2D eigenvalue weighted by atomic mass is 10.1. The van der Waals surface area contributed by atoms with Crippen LogP contribution < -0.4 is 10.6 Å². The van der Waals surface area contributed by atoms with Gasteiger partial charge in [0.1, 0.15) is 0 Å². The van der Waals surface area contributed by atoms with E-state index in [2.05, 4.69) is 54.6 Å². The van der Waals surface area contributed by atoms with E-state index in [1.54, 1.807) is 7.11 Å². The van der Waals surface area contributed by atoms with Gasteiger partial charge in [-0.2, -0.15) is 0 Å². The maximum atomic E-state index is 5.02. The van der Waals surface area contributed by atoms with Crippen LogP contribution in [0.3, 0.4) is 0 Å². The lowest BCUT2D eigenvalue weighted by molar-refractivity contribution is 0.203. The topological polar surface area (TPSA) is 45.7 Å². The number of benzene rings is 1. The molecule has 1 aromatic rings. The first kappa shape index (κ1) is 19.2. The molecule has 1 rings (SSSR count). The van der Waals surface area contributed by atoms with Gasteiger partial charge >= 0.3 is 0 Å². The van der Waals surface area contributed by atoms with Crippen LogP contribution in [-0.4, -0.2) is 32.8 Å². The minimum absolute atomic E-state index is 0. The quantitative estimate of drug-likeness (QED) is 0.339. The van der Waals surface area contributed by atoms with Crippen LogP contribution in [-0.2, 0) is 11.3 Å². The molecule has 0 unspecified atom stereocenters. The zero-order chi connectivity index (χ0) is 14.1. The highest BCUT2D eigenvalue weighted by Crippen LogP contribution is 2.11. The Labute approximate surface area is 139 Å². The van der Waals surface area contributed by atoms with Crippen LogP contribution in [0.25, 0.3) is 0 Å². The van der Waals surface area contributed by atoms with Crippen molar-refractivity contribution in [2.45, 2.75) is 27.3 Å². The second-order valence-electron chi connectivity index (χ2n) is 4.54. The minimum atomic E-state index is 0. The Morgan fingerprint density at radius 3 is 2.60 bits per heavy atom. The second-order valence-corrected chi connectivity index (χ2v) is 4.54. The van der Waals surface area contributed by atoms with Crippen molar-refractivity contribution in [1.29, 1.82) is 0 Å². The largest absolute Gasteiger partial charge is 0.383 e. The Balaban J connectivity index is 0.00000361. The van der Waals surface area contributed by atoms with Crippen LogP contribution in [0.2, 0.25) is 0 Å². The van der Waals surface area contributed by atoms with Crippen molar-refractivity contribution in [1.82, 2.24) is 10.6 Å². The van der Waals surface area contributed by atoms with Crippen LogP contribution in [0, 0.1) is 13.8 Å². The summed E-state index contributed by atoms with van der Waals surface area (Å²) in [6.07, 6.45) is 0. The van der Waals surface area contributed by atoms with E-state index in [-0.39, 0.29) is 24.0 Å². The van der Waals surface area contributed by atoms with Gasteiger partial charge in [-0.15, -0.1) is 24.0 Å². The van der Waals surface area contributed by atoms with Crippen molar-refractivity contribution < 1.29 is 4.74 Å². The third kappa shape index (κ3) is 7.09. The van der Waals surface area contributed by atoms with Gasteiger partial charge in [-0.25, -0.2) is 4.99 Å². The van der Waals surface area contributed by atoms with E-state index < -0.39 is 0 Å². The summed E-state index contributed by atoms with van der Waals surface area (Å²) < 4.78 is 5.02. The van der Waals surface area contributed by atoms with Gasteiger partial charge in [0.15, 0.2) is 5.96 Å². The molecule has 0 aliphatic rings. The average molecular weight is 391 g/mol. The number of nitrogens with zero attached hydrogens (tertiary/aromatic N) is 1. The van der Waals surface area contributed by atoms with Crippen molar-refractivity contribution in [3.63, 3.8) is 0 Å². The van der Waals surface area contributed by atoms with Gasteiger partial charge in [0.2, 0.25) is 0 Å². The first-order valence-electron chi connectivity index (χ1n) is 6.74. The van der Waals surface area contributed by atoms with Gasteiger partial charge in [-0.1, -0.05) is 23.8 Å². The Hall–Kier alpha value is -0.820. The summed E-state index contributed by atoms with van der Waals surface area (Å²) >= 11 is 0. The number of halogens is 1. The predicted octanol–water partition coefficient (Wildman–Crippen LogP) is 2.62. The van der Waals surface area contributed by atoms with E-state index in [1.165, 1.54) is 16.7 Å². The predicted molar refractivity (Wildman–Crippen MR) is 96.0 cm³/mol. The molecule has 0 heterocycles. The van der Waals surface area contributed by atoms with E-state index in [0.717, 1.165) is 19.0 Å². The Morgan fingerprint density at radius 1 is 1.25 bits per heavy atom. The molecule has 0 atom stereocenters. The van der Waals surface area contributed by atoms with E-state index in [1.807, 2.05) is 0 Å². The van der Waals surface area contributed by atoms with Crippen LogP contribution in [0.4, 0.5) is 0 Å². The third-order valence-corrected chi connectivity index (χ3v) is 2.85. The van der Waals surface area contributed by atoms with Gasteiger partial charge in [-0.3, -0.25) is 0 Å². The van der Waals surface area contributed by atoms with Crippen molar-refractivity contribution in [3.05, 3.63) is 34.9 Å². The lowest BCUT2D eigenvalue weighted by Gasteiger charge is -2.11. The molecule has 0 fully saturated rings. The molecule has 0 aromatic heterocycles. The molecule has 4 nitrogen and oxygen atoms in total. The van der Waals surface area contributed by atoms with Crippen LogP contribution in [0.15, 0.2) is 23.2 Å². The van der Waals surface area contributed by atoms with E-state index in [4.69, 9.17) is 4.74 Å². The van der Waals surface area contributed by atoms with Crippen LogP contribution in [0.5, 0.6) is 0 Å². The average Bonchev–Trinajstić information content (AvgIpc) is 2.37. The second kappa shape index (κ2) is 10.9. The lowest BCUT2D eigenvalue weighted by Crippen LogP contribution is -2.38.